The molecule has 1 aliphatic heterocycles. The summed E-state index contributed by atoms with van der Waals surface area (Å²) in [5.74, 6) is 1.72. The number of halogens is 1. The van der Waals surface area contributed by atoms with E-state index in [9.17, 15) is 4.79 Å². The zero-order chi connectivity index (χ0) is 17.4. The molecule has 4 rings (SSSR count). The predicted molar refractivity (Wildman–Crippen MR) is 99.8 cm³/mol. The first-order valence-electron chi connectivity index (χ1n) is 8.62. The van der Waals surface area contributed by atoms with Gasteiger partial charge in [-0.15, -0.1) is 0 Å². The predicted octanol–water partition coefficient (Wildman–Crippen LogP) is 4.20. The Bertz CT molecular complexity index is 930. The molecular weight excluding hydrogens is 334 g/mol. The second-order valence-corrected chi connectivity index (χ2v) is 7.23. The van der Waals surface area contributed by atoms with Crippen LogP contribution >= 0.6 is 11.6 Å². The standard InChI is InChI=1S/C20H20ClN3O/c1-13-8-9-24-18-7-4-15(11-17(18)23-19(24)10-13)20(25)22-12-14-2-5-16(21)6-3-14/h2-7,11,13H,8-10,12H2,1H3,(H,22,25)/t13-/m0/s1. The van der Waals surface area contributed by atoms with E-state index in [1.807, 2.05) is 42.5 Å². The molecule has 0 aliphatic carbocycles. The second-order valence-electron chi connectivity index (χ2n) is 6.79. The van der Waals surface area contributed by atoms with E-state index < -0.39 is 0 Å². The molecule has 2 aromatic carbocycles. The first kappa shape index (κ1) is 16.2. The molecule has 0 spiro atoms. The smallest absolute Gasteiger partial charge is 0.251 e. The van der Waals surface area contributed by atoms with Crippen LogP contribution in [0.1, 0.15) is 35.1 Å². The zero-order valence-electron chi connectivity index (χ0n) is 14.1. The molecule has 1 aliphatic rings. The Morgan fingerprint density at radius 1 is 1.28 bits per heavy atom. The van der Waals surface area contributed by atoms with Gasteiger partial charge < -0.3 is 9.88 Å². The molecule has 128 valence electrons. The van der Waals surface area contributed by atoms with Crippen LogP contribution in [0, 0.1) is 5.92 Å². The number of nitrogens with one attached hydrogen (secondary N) is 1. The highest BCUT2D eigenvalue weighted by Gasteiger charge is 2.19. The zero-order valence-corrected chi connectivity index (χ0v) is 14.9. The summed E-state index contributed by atoms with van der Waals surface area (Å²) in [6.45, 7) is 3.75. The van der Waals surface area contributed by atoms with E-state index in [0.717, 1.165) is 35.4 Å². The maximum Gasteiger partial charge on any atom is 0.251 e. The Morgan fingerprint density at radius 3 is 2.88 bits per heavy atom. The Morgan fingerprint density at radius 2 is 2.08 bits per heavy atom. The van der Waals surface area contributed by atoms with Crippen molar-refractivity contribution < 1.29 is 4.79 Å². The van der Waals surface area contributed by atoms with E-state index in [1.165, 1.54) is 6.42 Å². The van der Waals surface area contributed by atoms with Crippen LogP contribution in [-0.2, 0) is 19.5 Å². The number of fused-ring (bicyclic) bond motifs is 3. The van der Waals surface area contributed by atoms with E-state index in [1.54, 1.807) is 0 Å². The number of benzene rings is 2. The van der Waals surface area contributed by atoms with Crippen LogP contribution in [0.15, 0.2) is 42.5 Å². The van der Waals surface area contributed by atoms with Gasteiger partial charge in [-0.2, -0.15) is 0 Å². The van der Waals surface area contributed by atoms with Gasteiger partial charge in [-0.3, -0.25) is 4.79 Å². The Hall–Kier alpha value is -2.33. The SMILES string of the molecule is C[C@H]1CCn2c(nc3cc(C(=O)NCc4ccc(Cl)cc4)ccc32)C1. The van der Waals surface area contributed by atoms with Gasteiger partial charge in [-0.05, 0) is 48.2 Å². The monoisotopic (exact) mass is 353 g/mol. The average Bonchev–Trinajstić information content (AvgIpc) is 2.97. The number of hydrogen-bond acceptors (Lipinski definition) is 2. The second kappa shape index (κ2) is 6.52. The number of carbonyl (C=O) groups is 1. The Kier molecular flexibility index (Phi) is 4.22. The number of carbonyl (C=O) groups excluding carboxylic acids is 1. The fraction of sp³-hybridized carbons (Fsp3) is 0.300. The van der Waals surface area contributed by atoms with Crippen molar-refractivity contribution in [2.75, 3.05) is 0 Å². The highest BCUT2D eigenvalue weighted by Crippen LogP contribution is 2.25. The van der Waals surface area contributed by atoms with Crippen LogP contribution in [0.5, 0.6) is 0 Å². The molecule has 25 heavy (non-hydrogen) atoms. The molecule has 0 unspecified atom stereocenters. The van der Waals surface area contributed by atoms with E-state index in [2.05, 4.69) is 16.8 Å². The summed E-state index contributed by atoms with van der Waals surface area (Å²) >= 11 is 5.88. The van der Waals surface area contributed by atoms with Gasteiger partial charge in [0, 0.05) is 30.1 Å². The van der Waals surface area contributed by atoms with E-state index >= 15 is 0 Å². The summed E-state index contributed by atoms with van der Waals surface area (Å²) < 4.78 is 2.28. The van der Waals surface area contributed by atoms with Gasteiger partial charge in [0.1, 0.15) is 5.82 Å². The highest BCUT2D eigenvalue weighted by atomic mass is 35.5. The highest BCUT2D eigenvalue weighted by molar-refractivity contribution is 6.30. The lowest BCUT2D eigenvalue weighted by Crippen LogP contribution is -2.22. The number of imidazole rings is 1. The average molecular weight is 354 g/mol. The van der Waals surface area contributed by atoms with Gasteiger partial charge in [0.2, 0.25) is 0 Å². The normalized spacial score (nSPS) is 16.6. The molecule has 4 nitrogen and oxygen atoms in total. The van der Waals surface area contributed by atoms with Crippen LogP contribution in [0.3, 0.4) is 0 Å². The molecule has 2 heterocycles. The number of aromatic nitrogens is 2. The molecule has 0 radical (unpaired) electrons. The Balaban J connectivity index is 1.53. The lowest BCUT2D eigenvalue weighted by molar-refractivity contribution is 0.0951. The van der Waals surface area contributed by atoms with Gasteiger partial charge in [0.25, 0.3) is 5.91 Å². The third-order valence-electron chi connectivity index (χ3n) is 4.83. The third kappa shape index (κ3) is 3.27. The van der Waals surface area contributed by atoms with Crippen LogP contribution in [0.4, 0.5) is 0 Å². The van der Waals surface area contributed by atoms with Crippen molar-refractivity contribution in [2.45, 2.75) is 32.9 Å². The summed E-state index contributed by atoms with van der Waals surface area (Å²) in [6, 6.07) is 13.3. The first-order chi connectivity index (χ1) is 12.1. The van der Waals surface area contributed by atoms with Crippen molar-refractivity contribution in [2.24, 2.45) is 5.92 Å². The summed E-state index contributed by atoms with van der Waals surface area (Å²) in [7, 11) is 0. The molecule has 3 aromatic rings. The molecule has 1 aromatic heterocycles. The van der Waals surface area contributed by atoms with Crippen LogP contribution in [0.25, 0.3) is 11.0 Å². The molecular formula is C20H20ClN3O. The van der Waals surface area contributed by atoms with Crippen molar-refractivity contribution in [3.05, 3.63) is 64.4 Å². The van der Waals surface area contributed by atoms with E-state index in [4.69, 9.17) is 16.6 Å². The lowest BCUT2D eigenvalue weighted by atomic mass is 10.0. The molecule has 0 saturated heterocycles. The quantitative estimate of drug-likeness (QED) is 0.767. The fourth-order valence-corrected chi connectivity index (χ4v) is 3.50. The minimum absolute atomic E-state index is 0.0869. The summed E-state index contributed by atoms with van der Waals surface area (Å²) in [4.78, 5) is 17.2. The summed E-state index contributed by atoms with van der Waals surface area (Å²) in [5, 5.41) is 3.64. The van der Waals surface area contributed by atoms with Gasteiger partial charge in [-0.25, -0.2) is 4.98 Å². The molecule has 0 fully saturated rings. The number of aryl methyl sites for hydroxylation is 1. The molecule has 0 saturated carbocycles. The van der Waals surface area contributed by atoms with Crippen LogP contribution in [-0.4, -0.2) is 15.5 Å². The van der Waals surface area contributed by atoms with Crippen LogP contribution in [0.2, 0.25) is 5.02 Å². The van der Waals surface area contributed by atoms with Gasteiger partial charge in [0.15, 0.2) is 0 Å². The molecule has 1 atom stereocenters. The molecule has 5 heteroatoms. The molecule has 1 N–H and O–H groups in total. The van der Waals surface area contributed by atoms with Crippen molar-refractivity contribution in [1.82, 2.24) is 14.9 Å². The van der Waals surface area contributed by atoms with Gasteiger partial charge in [0.05, 0.1) is 11.0 Å². The molecule has 1 amide bonds. The van der Waals surface area contributed by atoms with E-state index in [-0.39, 0.29) is 5.91 Å². The minimum atomic E-state index is -0.0869. The fourth-order valence-electron chi connectivity index (χ4n) is 3.38. The van der Waals surface area contributed by atoms with Crippen molar-refractivity contribution in [3.8, 4) is 0 Å². The lowest BCUT2D eigenvalue weighted by Gasteiger charge is -2.19. The number of hydrogen-bond donors (Lipinski definition) is 1. The topological polar surface area (TPSA) is 46.9 Å². The van der Waals surface area contributed by atoms with Crippen molar-refractivity contribution >= 4 is 28.5 Å². The molecule has 0 bridgehead atoms. The van der Waals surface area contributed by atoms with E-state index in [0.29, 0.717) is 23.0 Å². The van der Waals surface area contributed by atoms with Crippen molar-refractivity contribution in [1.29, 1.82) is 0 Å². The maximum absolute atomic E-state index is 12.5. The van der Waals surface area contributed by atoms with Crippen molar-refractivity contribution in [3.63, 3.8) is 0 Å². The number of rotatable bonds is 3. The third-order valence-corrected chi connectivity index (χ3v) is 5.08. The first-order valence-corrected chi connectivity index (χ1v) is 9.00. The maximum atomic E-state index is 12.5. The van der Waals surface area contributed by atoms with Gasteiger partial charge >= 0.3 is 0 Å². The Labute approximate surface area is 151 Å². The summed E-state index contributed by atoms with van der Waals surface area (Å²) in [5.41, 5.74) is 3.69. The van der Waals surface area contributed by atoms with Crippen LogP contribution < -0.4 is 5.32 Å². The number of amides is 1. The van der Waals surface area contributed by atoms with Gasteiger partial charge in [-0.1, -0.05) is 30.7 Å². The largest absolute Gasteiger partial charge is 0.348 e. The summed E-state index contributed by atoms with van der Waals surface area (Å²) in [6.07, 6.45) is 2.19. The number of nitrogens with zero attached hydrogens (tertiary/aromatic N) is 2. The minimum Gasteiger partial charge on any atom is -0.348 e.